The van der Waals surface area contributed by atoms with Crippen LogP contribution in [0.5, 0.6) is 17.2 Å². The van der Waals surface area contributed by atoms with Gasteiger partial charge in [0.05, 0.1) is 0 Å². The molecule has 0 saturated carbocycles. The zero-order valence-corrected chi connectivity index (χ0v) is 31.5. The van der Waals surface area contributed by atoms with Crippen LogP contribution < -0.4 is 13.6 Å². The molecule has 0 aliphatic heterocycles. The molecule has 0 spiro atoms. The summed E-state index contributed by atoms with van der Waals surface area (Å²) in [5.74, 6) is 1.68. The van der Waals surface area contributed by atoms with E-state index in [4.69, 9.17) is 13.6 Å². The molecule has 4 nitrogen and oxygen atoms in total. The maximum absolute atomic E-state index is 14.5. The maximum atomic E-state index is 14.5. The van der Waals surface area contributed by atoms with Crippen molar-refractivity contribution in [3.05, 3.63) is 77.9 Å². The van der Waals surface area contributed by atoms with Gasteiger partial charge in [0.25, 0.3) is 16.6 Å². The highest BCUT2D eigenvalue weighted by Gasteiger charge is 2.39. The highest BCUT2D eigenvalue weighted by molar-refractivity contribution is 6.75. The van der Waals surface area contributed by atoms with Gasteiger partial charge in [0.2, 0.25) is 0 Å². The van der Waals surface area contributed by atoms with Crippen LogP contribution >= 0.6 is 0 Å². The van der Waals surface area contributed by atoms with E-state index < -0.39 is 16.6 Å². The van der Waals surface area contributed by atoms with E-state index in [2.05, 4.69) is 66.7 Å². The molecule has 0 N–H and O–H groups in total. The van der Waals surface area contributed by atoms with E-state index in [-0.39, 0.29) is 5.97 Å². The van der Waals surface area contributed by atoms with Crippen LogP contribution in [0.3, 0.4) is 0 Å². The fourth-order valence-electron chi connectivity index (χ4n) is 7.62. The van der Waals surface area contributed by atoms with Crippen molar-refractivity contribution in [2.45, 2.75) is 123 Å². The highest BCUT2D eigenvalue weighted by atomic mass is 28.4. The highest BCUT2D eigenvalue weighted by Crippen LogP contribution is 2.44. The largest absolute Gasteiger partial charge is 0.543 e. The molecule has 0 atom stereocenters. The van der Waals surface area contributed by atoms with Gasteiger partial charge in [-0.3, -0.25) is 0 Å². The smallest absolute Gasteiger partial charge is 0.347 e. The first-order valence-electron chi connectivity index (χ1n) is 17.9. The predicted molar refractivity (Wildman–Crippen MR) is 201 cm³/mol. The lowest BCUT2D eigenvalue weighted by Gasteiger charge is -2.35. The topological polar surface area (TPSA) is 44.8 Å². The van der Waals surface area contributed by atoms with Gasteiger partial charge in [-0.25, -0.2) is 4.79 Å². The maximum Gasteiger partial charge on any atom is 0.347 e. The lowest BCUT2D eigenvalue weighted by molar-refractivity contribution is 0.0735. The van der Waals surface area contributed by atoms with Crippen LogP contribution in [0.15, 0.2) is 66.7 Å². The molecule has 4 aromatic carbocycles. The predicted octanol–water partition coefficient (Wildman–Crippen LogP) is 12.6. The number of rotatable bonds is 18. The van der Waals surface area contributed by atoms with E-state index in [1.54, 1.807) is 0 Å². The van der Waals surface area contributed by atoms with Crippen LogP contribution in [-0.2, 0) is 0 Å². The third-order valence-electron chi connectivity index (χ3n) is 9.33. The van der Waals surface area contributed by atoms with Crippen LogP contribution in [0.25, 0.3) is 21.5 Å². The van der Waals surface area contributed by atoms with Gasteiger partial charge in [0, 0.05) is 16.2 Å². The number of esters is 1. The van der Waals surface area contributed by atoms with E-state index >= 15 is 0 Å². The van der Waals surface area contributed by atoms with Gasteiger partial charge < -0.3 is 13.6 Å². The Morgan fingerprint density at radius 1 is 0.587 bits per heavy atom. The van der Waals surface area contributed by atoms with Crippen molar-refractivity contribution in [2.75, 3.05) is 0 Å². The second-order valence-corrected chi connectivity index (χ2v) is 21.3. The monoisotopic (exact) mass is 656 g/mol. The van der Waals surface area contributed by atoms with Crippen LogP contribution in [0.1, 0.15) is 96.0 Å². The summed E-state index contributed by atoms with van der Waals surface area (Å²) in [6.07, 6.45) is 6.50. The Hall–Kier alpha value is -3.10. The quantitative estimate of drug-likeness (QED) is 0.0607. The summed E-state index contributed by atoms with van der Waals surface area (Å²) in [4.78, 5) is 14.5. The van der Waals surface area contributed by atoms with Crippen molar-refractivity contribution < 1.29 is 18.4 Å². The van der Waals surface area contributed by atoms with Crippen molar-refractivity contribution in [2.24, 2.45) is 0 Å². The molecular formula is C40H56O4Si2. The molecule has 0 radical (unpaired) electrons. The molecule has 4 aromatic rings. The molecule has 0 heterocycles. The molecule has 46 heavy (non-hydrogen) atoms. The lowest BCUT2D eigenvalue weighted by atomic mass is 10.0. The van der Waals surface area contributed by atoms with Crippen LogP contribution in [0, 0.1) is 6.92 Å². The van der Waals surface area contributed by atoms with E-state index in [1.807, 2.05) is 48.5 Å². The zero-order chi connectivity index (χ0) is 33.2. The minimum absolute atomic E-state index is 0.388. The molecule has 0 aliphatic rings. The Morgan fingerprint density at radius 2 is 1.09 bits per heavy atom. The number of aryl methyl sites for hydroxylation is 1. The molecule has 0 bridgehead atoms. The molecule has 4 rings (SSSR count). The number of fused-ring (bicyclic) bond motifs is 2. The first-order valence-corrected chi connectivity index (χ1v) is 23.0. The Labute approximate surface area is 280 Å². The molecule has 0 saturated heterocycles. The van der Waals surface area contributed by atoms with Crippen LogP contribution in [-0.4, -0.2) is 22.6 Å². The first kappa shape index (κ1) is 35.8. The number of carbonyl (C=O) groups excluding carboxylic acids is 1. The summed E-state index contributed by atoms with van der Waals surface area (Å²) in [6, 6.07) is 28.8. The minimum atomic E-state index is -2.23. The molecule has 0 unspecified atom stereocenters. The van der Waals surface area contributed by atoms with Crippen molar-refractivity contribution >= 4 is 44.1 Å². The van der Waals surface area contributed by atoms with Gasteiger partial charge in [0.15, 0.2) is 0 Å². The number of hydrogen-bond donors (Lipinski definition) is 0. The molecule has 0 fully saturated rings. The normalized spacial score (nSPS) is 12.1. The van der Waals surface area contributed by atoms with Gasteiger partial charge in [-0.15, -0.1) is 0 Å². The Bertz CT molecular complexity index is 1560. The van der Waals surface area contributed by atoms with Gasteiger partial charge >= 0.3 is 5.97 Å². The van der Waals surface area contributed by atoms with Gasteiger partial charge in [-0.2, -0.15) is 0 Å². The van der Waals surface area contributed by atoms with Gasteiger partial charge in [-0.05, 0) is 66.3 Å². The Balaban J connectivity index is 1.99. The van der Waals surface area contributed by atoms with E-state index in [9.17, 15) is 4.79 Å². The summed E-state index contributed by atoms with van der Waals surface area (Å²) in [6.45, 7) is 15.7. The molecule has 248 valence electrons. The number of benzene rings is 4. The van der Waals surface area contributed by atoms with Crippen molar-refractivity contribution in [3.63, 3.8) is 0 Å². The van der Waals surface area contributed by atoms with Gasteiger partial charge in [0.1, 0.15) is 22.8 Å². The lowest BCUT2D eigenvalue weighted by Crippen LogP contribution is -2.42. The van der Waals surface area contributed by atoms with Gasteiger partial charge in [-0.1, -0.05) is 135 Å². The molecule has 0 aliphatic carbocycles. The summed E-state index contributed by atoms with van der Waals surface area (Å²) < 4.78 is 21.0. The summed E-state index contributed by atoms with van der Waals surface area (Å²) >= 11 is 0. The van der Waals surface area contributed by atoms with Crippen molar-refractivity contribution in [1.29, 1.82) is 0 Å². The molecule has 0 amide bonds. The van der Waals surface area contributed by atoms with E-state index in [1.165, 1.54) is 0 Å². The summed E-state index contributed by atoms with van der Waals surface area (Å²) in [5.41, 5.74) is 1.63. The average Bonchev–Trinajstić information content (AvgIpc) is 3.03. The summed E-state index contributed by atoms with van der Waals surface area (Å²) in [5, 5.41) is 4.00. The minimum Gasteiger partial charge on any atom is -0.543 e. The Kier molecular flexibility index (Phi) is 12.9. The summed E-state index contributed by atoms with van der Waals surface area (Å²) in [7, 11) is -4.36. The third-order valence-corrected chi connectivity index (χ3v) is 19.1. The molecule has 0 aromatic heterocycles. The number of hydrogen-bond acceptors (Lipinski definition) is 4. The standard InChI is InChI=1S/C40H56O4Si2/c1-8-24-45(25-9-2,26-10-3)43-37-30-35(40(41)42-36-23-17-20-32-19-14-15-21-33(32)36)39(34-22-16-18-31(7)38(34)37)44-46(27-11-4,28-12-5)29-13-6/h14-23,30H,8-13,24-29H2,1-7H3. The average molecular weight is 657 g/mol. The molecule has 6 heteroatoms. The fraction of sp³-hybridized carbons (Fsp3) is 0.475. The SMILES string of the molecule is CCC[Si](CCC)(CCC)Oc1c(C(=O)Oc2cccc3ccccc23)cc(O[Si](CCC)(CCC)CCC)c2c(C)cccc12. The van der Waals surface area contributed by atoms with E-state index in [0.717, 1.165) is 108 Å². The second-order valence-electron chi connectivity index (χ2n) is 13.2. The van der Waals surface area contributed by atoms with E-state index in [0.29, 0.717) is 17.1 Å². The molecular weight excluding hydrogens is 601 g/mol. The third kappa shape index (κ3) is 8.06. The van der Waals surface area contributed by atoms with Crippen molar-refractivity contribution in [1.82, 2.24) is 0 Å². The number of ether oxygens (including phenoxy) is 1. The first-order chi connectivity index (χ1) is 22.3. The van der Waals surface area contributed by atoms with Crippen LogP contribution in [0.4, 0.5) is 0 Å². The second kappa shape index (κ2) is 16.6. The Morgan fingerprint density at radius 3 is 1.67 bits per heavy atom. The zero-order valence-electron chi connectivity index (χ0n) is 29.5. The van der Waals surface area contributed by atoms with Crippen molar-refractivity contribution in [3.8, 4) is 17.2 Å². The number of carbonyl (C=O) groups is 1. The fourth-order valence-corrected chi connectivity index (χ4v) is 16.5. The van der Waals surface area contributed by atoms with Crippen LogP contribution in [0.2, 0.25) is 36.3 Å².